The van der Waals surface area contributed by atoms with Gasteiger partial charge in [-0.15, -0.1) is 11.3 Å². The largest absolute Gasteiger partial charge is 0.328 e. The van der Waals surface area contributed by atoms with Crippen LogP contribution in [0.4, 0.5) is 0 Å². The van der Waals surface area contributed by atoms with Gasteiger partial charge >= 0.3 is 5.69 Å². The average Bonchev–Trinajstić information content (AvgIpc) is 2.77. The van der Waals surface area contributed by atoms with Crippen LogP contribution in [0.5, 0.6) is 0 Å². The zero-order chi connectivity index (χ0) is 13.8. The molecular formula is C12H14ClN3O2S. The van der Waals surface area contributed by atoms with Crippen LogP contribution in [-0.2, 0) is 13.1 Å². The summed E-state index contributed by atoms with van der Waals surface area (Å²) in [5.41, 5.74) is 0.273. The zero-order valence-corrected chi connectivity index (χ0v) is 12.0. The monoisotopic (exact) mass is 299 g/mol. The van der Waals surface area contributed by atoms with Crippen LogP contribution in [0, 0.1) is 6.92 Å². The van der Waals surface area contributed by atoms with Gasteiger partial charge in [0, 0.05) is 30.7 Å². The first kappa shape index (κ1) is 14.0. The lowest BCUT2D eigenvalue weighted by atomic mass is 10.3. The number of hydrogen-bond donors (Lipinski definition) is 2. The molecule has 19 heavy (non-hydrogen) atoms. The number of halogens is 1. The molecule has 0 atom stereocenters. The van der Waals surface area contributed by atoms with Crippen molar-refractivity contribution in [3.8, 4) is 0 Å². The number of hydrogen-bond acceptors (Lipinski definition) is 4. The van der Waals surface area contributed by atoms with E-state index < -0.39 is 11.2 Å². The van der Waals surface area contributed by atoms with Gasteiger partial charge in [0.1, 0.15) is 5.02 Å². The number of nitrogens with zero attached hydrogens (tertiary/aromatic N) is 1. The van der Waals surface area contributed by atoms with E-state index in [0.29, 0.717) is 13.1 Å². The zero-order valence-electron chi connectivity index (χ0n) is 10.4. The normalized spacial score (nSPS) is 10.8. The molecule has 0 aliphatic carbocycles. The third-order valence-electron chi connectivity index (χ3n) is 2.75. The fraction of sp³-hybridized carbons (Fsp3) is 0.333. The highest BCUT2D eigenvalue weighted by Crippen LogP contribution is 2.14. The van der Waals surface area contributed by atoms with Gasteiger partial charge in [-0.1, -0.05) is 11.6 Å². The lowest BCUT2D eigenvalue weighted by molar-refractivity contribution is 0.576. The van der Waals surface area contributed by atoms with Gasteiger partial charge in [-0.2, -0.15) is 0 Å². The van der Waals surface area contributed by atoms with E-state index in [9.17, 15) is 9.59 Å². The van der Waals surface area contributed by atoms with Crippen LogP contribution in [-0.4, -0.2) is 16.1 Å². The van der Waals surface area contributed by atoms with Crippen LogP contribution < -0.4 is 16.6 Å². The Balaban J connectivity index is 1.90. The summed E-state index contributed by atoms with van der Waals surface area (Å²) in [6.45, 7) is 3.93. The summed E-state index contributed by atoms with van der Waals surface area (Å²) >= 11 is 7.38. The molecule has 2 aromatic heterocycles. The molecule has 5 nitrogen and oxygen atoms in total. The molecule has 0 bridgehead atoms. The highest BCUT2D eigenvalue weighted by atomic mass is 35.5. The Kier molecular flexibility index (Phi) is 4.57. The highest BCUT2D eigenvalue weighted by molar-refractivity contribution is 7.10. The Morgan fingerprint density at radius 2 is 2.26 bits per heavy atom. The van der Waals surface area contributed by atoms with E-state index in [2.05, 4.69) is 28.7 Å². The van der Waals surface area contributed by atoms with E-state index in [-0.39, 0.29) is 5.02 Å². The SMILES string of the molecule is Cc1ccsc1CNCCn1cc(Cl)c(=O)[nH]c1=O. The van der Waals surface area contributed by atoms with Gasteiger partial charge in [0.25, 0.3) is 5.56 Å². The second-order valence-electron chi connectivity index (χ2n) is 4.13. The molecule has 2 aromatic rings. The Bertz CT molecular complexity index is 674. The van der Waals surface area contributed by atoms with Gasteiger partial charge in [-0.05, 0) is 23.9 Å². The van der Waals surface area contributed by atoms with Gasteiger partial charge in [0.2, 0.25) is 0 Å². The van der Waals surface area contributed by atoms with Gasteiger partial charge in [-0.25, -0.2) is 4.79 Å². The number of aromatic amines is 1. The Hall–Kier alpha value is -1.37. The van der Waals surface area contributed by atoms with Crippen molar-refractivity contribution < 1.29 is 0 Å². The molecule has 0 fully saturated rings. The van der Waals surface area contributed by atoms with E-state index in [1.165, 1.54) is 21.2 Å². The fourth-order valence-corrected chi connectivity index (χ4v) is 2.68. The van der Waals surface area contributed by atoms with Crippen LogP contribution >= 0.6 is 22.9 Å². The van der Waals surface area contributed by atoms with Crippen molar-refractivity contribution in [2.24, 2.45) is 0 Å². The molecule has 2 rings (SSSR count). The minimum absolute atomic E-state index is 0.0219. The van der Waals surface area contributed by atoms with Crippen molar-refractivity contribution >= 4 is 22.9 Å². The van der Waals surface area contributed by atoms with Crippen molar-refractivity contribution in [2.45, 2.75) is 20.0 Å². The maximum atomic E-state index is 11.5. The number of aryl methyl sites for hydroxylation is 1. The average molecular weight is 300 g/mol. The maximum absolute atomic E-state index is 11.5. The van der Waals surface area contributed by atoms with Crippen molar-refractivity contribution in [1.82, 2.24) is 14.9 Å². The molecule has 0 saturated carbocycles. The van der Waals surface area contributed by atoms with E-state index in [1.807, 2.05) is 0 Å². The molecular weight excluding hydrogens is 286 g/mol. The molecule has 0 radical (unpaired) electrons. The Morgan fingerprint density at radius 1 is 1.47 bits per heavy atom. The third-order valence-corrected chi connectivity index (χ3v) is 4.04. The van der Waals surface area contributed by atoms with Crippen molar-refractivity contribution in [3.63, 3.8) is 0 Å². The number of rotatable bonds is 5. The molecule has 0 aromatic carbocycles. The number of aromatic nitrogens is 2. The summed E-state index contributed by atoms with van der Waals surface area (Å²) < 4.78 is 1.39. The molecule has 2 N–H and O–H groups in total. The summed E-state index contributed by atoms with van der Waals surface area (Å²) in [4.78, 5) is 26.0. The maximum Gasteiger partial charge on any atom is 0.328 e. The second kappa shape index (κ2) is 6.18. The standard InChI is InChI=1S/C12H14ClN3O2S/c1-8-2-5-19-10(8)6-14-3-4-16-7-9(13)11(17)15-12(16)18/h2,5,7,14H,3-4,6H2,1H3,(H,15,17,18). The van der Waals surface area contributed by atoms with Crippen LogP contribution in [0.3, 0.4) is 0 Å². The van der Waals surface area contributed by atoms with E-state index >= 15 is 0 Å². The molecule has 0 spiro atoms. The van der Waals surface area contributed by atoms with Gasteiger partial charge in [0.05, 0.1) is 0 Å². The smallest absolute Gasteiger partial charge is 0.310 e. The molecule has 0 aliphatic rings. The topological polar surface area (TPSA) is 66.9 Å². The lowest BCUT2D eigenvalue weighted by Crippen LogP contribution is -2.32. The fourth-order valence-electron chi connectivity index (χ4n) is 1.64. The lowest BCUT2D eigenvalue weighted by Gasteiger charge is -2.07. The summed E-state index contributed by atoms with van der Waals surface area (Å²) in [6, 6.07) is 2.08. The van der Waals surface area contributed by atoms with Crippen molar-refractivity contribution in [1.29, 1.82) is 0 Å². The second-order valence-corrected chi connectivity index (χ2v) is 5.54. The summed E-state index contributed by atoms with van der Waals surface area (Å²) in [7, 11) is 0. The van der Waals surface area contributed by atoms with Crippen LogP contribution in [0.1, 0.15) is 10.4 Å². The highest BCUT2D eigenvalue weighted by Gasteiger charge is 2.02. The Labute approximate surface area is 118 Å². The minimum Gasteiger partial charge on any atom is -0.310 e. The van der Waals surface area contributed by atoms with Crippen LogP contribution in [0.2, 0.25) is 5.02 Å². The summed E-state index contributed by atoms with van der Waals surface area (Å²) in [6.07, 6.45) is 1.36. The third kappa shape index (κ3) is 3.56. The number of H-pyrrole nitrogens is 1. The molecule has 0 unspecified atom stereocenters. The van der Waals surface area contributed by atoms with Gasteiger partial charge < -0.3 is 5.32 Å². The van der Waals surface area contributed by atoms with E-state index in [0.717, 1.165) is 6.54 Å². The van der Waals surface area contributed by atoms with E-state index in [4.69, 9.17) is 11.6 Å². The first-order valence-corrected chi connectivity index (χ1v) is 7.06. The van der Waals surface area contributed by atoms with Gasteiger partial charge in [0.15, 0.2) is 0 Å². The van der Waals surface area contributed by atoms with Crippen LogP contribution in [0.25, 0.3) is 0 Å². The molecule has 7 heteroatoms. The number of nitrogens with one attached hydrogen (secondary N) is 2. The van der Waals surface area contributed by atoms with Crippen molar-refractivity contribution in [3.05, 3.63) is 53.9 Å². The van der Waals surface area contributed by atoms with E-state index in [1.54, 1.807) is 11.3 Å². The minimum atomic E-state index is -0.551. The summed E-state index contributed by atoms with van der Waals surface area (Å²) in [5.74, 6) is 0. The molecule has 0 amide bonds. The predicted octanol–water partition coefficient (Wildman–Crippen LogP) is 1.35. The van der Waals surface area contributed by atoms with Crippen molar-refractivity contribution in [2.75, 3.05) is 6.54 Å². The summed E-state index contributed by atoms with van der Waals surface area (Å²) in [5, 5.41) is 5.33. The quantitative estimate of drug-likeness (QED) is 0.819. The Morgan fingerprint density at radius 3 is 2.95 bits per heavy atom. The molecule has 2 heterocycles. The van der Waals surface area contributed by atoms with Crippen LogP contribution in [0.15, 0.2) is 27.2 Å². The predicted molar refractivity (Wildman–Crippen MR) is 77.1 cm³/mol. The first-order chi connectivity index (χ1) is 9.08. The molecule has 102 valence electrons. The molecule has 0 aliphatic heterocycles. The molecule has 0 saturated heterocycles. The van der Waals surface area contributed by atoms with Gasteiger partial charge in [-0.3, -0.25) is 14.3 Å². The first-order valence-electron chi connectivity index (χ1n) is 5.81. The number of thiophene rings is 1.